The van der Waals surface area contributed by atoms with Crippen LogP contribution >= 0.6 is 0 Å². The van der Waals surface area contributed by atoms with Crippen LogP contribution in [-0.4, -0.2) is 43.0 Å². The summed E-state index contributed by atoms with van der Waals surface area (Å²) in [5, 5.41) is 4.99. The molecule has 0 aliphatic carbocycles. The monoisotopic (exact) mass is 430 g/mol. The van der Waals surface area contributed by atoms with Crippen LogP contribution in [-0.2, 0) is 4.79 Å². The number of nitrogens with one attached hydrogen (secondary N) is 2. The Bertz CT molecular complexity index is 908. The van der Waals surface area contributed by atoms with Crippen molar-refractivity contribution in [2.24, 2.45) is 5.92 Å². The Hall–Kier alpha value is -3.16. The highest BCUT2D eigenvalue weighted by atomic mass is 19.1. The van der Waals surface area contributed by atoms with E-state index in [4.69, 9.17) is 0 Å². The van der Waals surface area contributed by atoms with Crippen LogP contribution in [0.25, 0.3) is 0 Å². The lowest BCUT2D eigenvalue weighted by molar-refractivity contribution is -0.136. The number of carbonyl (C=O) groups excluding carboxylic acids is 2. The fourth-order valence-corrected chi connectivity index (χ4v) is 3.71. The Kier molecular flexibility index (Phi) is 7.44. The molecule has 0 spiro atoms. The molecule has 0 bridgehead atoms. The van der Waals surface area contributed by atoms with E-state index in [0.29, 0.717) is 24.8 Å². The van der Waals surface area contributed by atoms with Gasteiger partial charge in [-0.25, -0.2) is 13.6 Å². The van der Waals surface area contributed by atoms with Gasteiger partial charge < -0.3 is 20.4 Å². The third-order valence-electron chi connectivity index (χ3n) is 5.60. The summed E-state index contributed by atoms with van der Waals surface area (Å²) >= 11 is 0. The van der Waals surface area contributed by atoms with Gasteiger partial charge in [-0.2, -0.15) is 0 Å². The molecule has 1 aliphatic heterocycles. The SMILES string of the molecule is CCC(CC)C(=O)N1CCN(c2ccc(NC(=O)Nc3ccc(F)cc3F)cc2)CC1. The minimum atomic E-state index is -0.840. The highest BCUT2D eigenvalue weighted by Gasteiger charge is 2.25. The van der Waals surface area contributed by atoms with Crippen molar-refractivity contribution in [2.45, 2.75) is 26.7 Å². The highest BCUT2D eigenvalue weighted by molar-refractivity contribution is 5.99. The van der Waals surface area contributed by atoms with Gasteiger partial charge in [0, 0.05) is 49.5 Å². The first-order chi connectivity index (χ1) is 14.9. The van der Waals surface area contributed by atoms with Crippen molar-refractivity contribution < 1.29 is 18.4 Å². The molecular weight excluding hydrogens is 402 g/mol. The van der Waals surface area contributed by atoms with Crippen molar-refractivity contribution in [1.82, 2.24) is 4.90 Å². The number of piperazine rings is 1. The zero-order valence-electron chi connectivity index (χ0n) is 17.8. The minimum absolute atomic E-state index is 0.101. The van der Waals surface area contributed by atoms with Crippen LogP contribution in [0.2, 0.25) is 0 Å². The van der Waals surface area contributed by atoms with Gasteiger partial charge in [0.15, 0.2) is 0 Å². The molecular formula is C23H28F2N4O2. The first-order valence-electron chi connectivity index (χ1n) is 10.6. The van der Waals surface area contributed by atoms with E-state index < -0.39 is 17.7 Å². The average Bonchev–Trinajstić information content (AvgIpc) is 2.77. The summed E-state index contributed by atoms with van der Waals surface area (Å²) in [4.78, 5) is 28.8. The molecule has 0 atom stereocenters. The van der Waals surface area contributed by atoms with Crippen molar-refractivity contribution in [3.8, 4) is 0 Å². The molecule has 1 aliphatic rings. The van der Waals surface area contributed by atoms with Crippen molar-refractivity contribution in [3.63, 3.8) is 0 Å². The molecule has 3 rings (SSSR count). The molecule has 1 fully saturated rings. The van der Waals surface area contributed by atoms with Gasteiger partial charge in [-0.1, -0.05) is 13.8 Å². The summed E-state index contributed by atoms with van der Waals surface area (Å²) in [6.07, 6.45) is 1.73. The largest absolute Gasteiger partial charge is 0.368 e. The van der Waals surface area contributed by atoms with Crippen molar-refractivity contribution in [1.29, 1.82) is 0 Å². The van der Waals surface area contributed by atoms with E-state index in [9.17, 15) is 18.4 Å². The zero-order valence-corrected chi connectivity index (χ0v) is 17.8. The number of carbonyl (C=O) groups is 2. The fourth-order valence-electron chi connectivity index (χ4n) is 3.71. The van der Waals surface area contributed by atoms with Gasteiger partial charge in [0.05, 0.1) is 5.69 Å². The van der Waals surface area contributed by atoms with Gasteiger partial charge in [0.2, 0.25) is 5.91 Å². The highest BCUT2D eigenvalue weighted by Crippen LogP contribution is 2.22. The van der Waals surface area contributed by atoms with E-state index >= 15 is 0 Å². The Morgan fingerprint density at radius 2 is 1.58 bits per heavy atom. The second kappa shape index (κ2) is 10.2. The molecule has 8 heteroatoms. The van der Waals surface area contributed by atoms with E-state index in [0.717, 1.165) is 37.7 Å². The first-order valence-corrected chi connectivity index (χ1v) is 10.6. The van der Waals surface area contributed by atoms with Crippen molar-refractivity contribution in [3.05, 3.63) is 54.1 Å². The molecule has 1 saturated heterocycles. The van der Waals surface area contributed by atoms with Crippen LogP contribution in [0.4, 0.5) is 30.6 Å². The number of rotatable bonds is 6. The van der Waals surface area contributed by atoms with Crippen molar-refractivity contribution >= 4 is 29.0 Å². The lowest BCUT2D eigenvalue weighted by Gasteiger charge is -2.37. The number of amides is 3. The van der Waals surface area contributed by atoms with E-state index in [-0.39, 0.29) is 17.5 Å². The molecule has 3 amide bonds. The lowest BCUT2D eigenvalue weighted by atomic mass is 10.0. The number of benzene rings is 2. The van der Waals surface area contributed by atoms with E-state index in [1.807, 2.05) is 30.9 Å². The number of halogens is 2. The molecule has 2 aromatic carbocycles. The number of hydrogen-bond acceptors (Lipinski definition) is 3. The quantitative estimate of drug-likeness (QED) is 0.699. The molecule has 2 N–H and O–H groups in total. The van der Waals surface area contributed by atoms with Gasteiger partial charge in [-0.05, 0) is 49.2 Å². The number of anilines is 3. The van der Waals surface area contributed by atoms with Gasteiger partial charge in [0.1, 0.15) is 11.6 Å². The van der Waals surface area contributed by atoms with E-state index in [1.165, 1.54) is 6.07 Å². The molecule has 0 saturated carbocycles. The fraction of sp³-hybridized carbons (Fsp3) is 0.391. The van der Waals surface area contributed by atoms with Crippen LogP contribution in [0.15, 0.2) is 42.5 Å². The summed E-state index contributed by atoms with van der Waals surface area (Å²) in [7, 11) is 0. The molecule has 1 heterocycles. The average molecular weight is 430 g/mol. The summed E-state index contributed by atoms with van der Waals surface area (Å²) in [5.74, 6) is -1.20. The molecule has 166 valence electrons. The third kappa shape index (κ3) is 5.71. The number of nitrogens with zero attached hydrogens (tertiary/aromatic N) is 2. The van der Waals surface area contributed by atoms with Crippen molar-refractivity contribution in [2.75, 3.05) is 41.7 Å². The zero-order chi connectivity index (χ0) is 22.4. The predicted molar refractivity (Wildman–Crippen MR) is 118 cm³/mol. The van der Waals surface area contributed by atoms with Crippen LogP contribution < -0.4 is 15.5 Å². The molecule has 31 heavy (non-hydrogen) atoms. The molecule has 6 nitrogen and oxygen atoms in total. The third-order valence-corrected chi connectivity index (χ3v) is 5.60. The van der Waals surface area contributed by atoms with E-state index in [2.05, 4.69) is 15.5 Å². The summed E-state index contributed by atoms with van der Waals surface area (Å²) < 4.78 is 26.6. The van der Waals surface area contributed by atoms with E-state index in [1.54, 1.807) is 12.1 Å². The Morgan fingerprint density at radius 3 is 2.16 bits per heavy atom. The lowest BCUT2D eigenvalue weighted by Crippen LogP contribution is -2.50. The number of urea groups is 1. The van der Waals surface area contributed by atoms with Gasteiger partial charge >= 0.3 is 6.03 Å². The second-order valence-electron chi connectivity index (χ2n) is 7.58. The van der Waals surface area contributed by atoms with Gasteiger partial charge in [-0.15, -0.1) is 0 Å². The Labute approximate surface area is 181 Å². The smallest absolute Gasteiger partial charge is 0.323 e. The van der Waals surface area contributed by atoms with Gasteiger partial charge in [0.25, 0.3) is 0 Å². The topological polar surface area (TPSA) is 64.7 Å². The molecule has 0 radical (unpaired) electrons. The molecule has 0 unspecified atom stereocenters. The molecule has 0 aromatic heterocycles. The van der Waals surface area contributed by atoms with Gasteiger partial charge in [-0.3, -0.25) is 4.79 Å². The molecule has 2 aromatic rings. The van der Waals surface area contributed by atoms with Crippen LogP contribution in [0.1, 0.15) is 26.7 Å². The normalized spacial score (nSPS) is 14.0. The standard InChI is InChI=1S/C23H28F2N4O2/c1-3-16(4-2)22(30)29-13-11-28(12-14-29)19-8-6-18(7-9-19)26-23(31)27-21-10-5-17(24)15-20(21)25/h5-10,15-16H,3-4,11-14H2,1-2H3,(H2,26,27,31). The maximum absolute atomic E-state index is 13.7. The van der Waals surface area contributed by atoms with Crippen LogP contribution in [0.5, 0.6) is 0 Å². The Balaban J connectivity index is 1.52. The minimum Gasteiger partial charge on any atom is -0.368 e. The number of hydrogen-bond donors (Lipinski definition) is 2. The van der Waals surface area contributed by atoms with Crippen LogP contribution in [0, 0.1) is 17.6 Å². The second-order valence-corrected chi connectivity index (χ2v) is 7.58. The van der Waals surface area contributed by atoms with Crippen LogP contribution in [0.3, 0.4) is 0 Å². The Morgan fingerprint density at radius 1 is 0.935 bits per heavy atom. The summed E-state index contributed by atoms with van der Waals surface area (Å²) in [6.45, 7) is 7.00. The summed E-state index contributed by atoms with van der Waals surface area (Å²) in [6, 6.07) is 9.65. The maximum Gasteiger partial charge on any atom is 0.323 e. The first kappa shape index (κ1) is 22.5. The summed E-state index contributed by atoms with van der Waals surface area (Å²) in [5.41, 5.74) is 1.45. The predicted octanol–water partition coefficient (Wildman–Crippen LogP) is 4.69. The maximum atomic E-state index is 13.7.